The van der Waals surface area contributed by atoms with E-state index < -0.39 is 0 Å². The Morgan fingerprint density at radius 1 is 1.18 bits per heavy atom. The number of carbonyl (C=O) groups is 1. The lowest BCUT2D eigenvalue weighted by atomic mass is 10.1. The first-order valence-corrected chi connectivity index (χ1v) is 11.3. The Hall–Kier alpha value is -3.61. The van der Waals surface area contributed by atoms with E-state index in [0.717, 1.165) is 58.2 Å². The molecule has 1 aromatic carbocycles. The van der Waals surface area contributed by atoms with E-state index in [2.05, 4.69) is 5.32 Å². The predicted molar refractivity (Wildman–Crippen MR) is 127 cm³/mol. The number of aryl methyl sites for hydroxylation is 3. The zero-order valence-corrected chi connectivity index (χ0v) is 19.6. The van der Waals surface area contributed by atoms with Crippen LogP contribution in [0.15, 0.2) is 53.1 Å². The van der Waals surface area contributed by atoms with Gasteiger partial charge in [0.25, 0.3) is 0 Å². The van der Waals surface area contributed by atoms with E-state index in [1.807, 2.05) is 67.8 Å². The van der Waals surface area contributed by atoms with Gasteiger partial charge >= 0.3 is 0 Å². The van der Waals surface area contributed by atoms with Crippen molar-refractivity contribution < 1.29 is 13.9 Å². The molecule has 0 aliphatic rings. The molecule has 33 heavy (non-hydrogen) atoms. The Balaban J connectivity index is 1.45. The van der Waals surface area contributed by atoms with Crippen LogP contribution in [0, 0.1) is 13.8 Å². The maximum atomic E-state index is 12.5. The number of fused-ring (bicyclic) bond motifs is 1. The number of methoxy groups -OCH3 is 1. The number of hydrogen-bond acceptors (Lipinski definition) is 5. The molecule has 172 valence electrons. The Kier molecular flexibility index (Phi) is 6.77. The van der Waals surface area contributed by atoms with E-state index in [0.29, 0.717) is 12.8 Å². The summed E-state index contributed by atoms with van der Waals surface area (Å²) in [6, 6.07) is 13.7. The molecule has 0 saturated heterocycles. The van der Waals surface area contributed by atoms with Gasteiger partial charge in [0.2, 0.25) is 5.91 Å². The van der Waals surface area contributed by atoms with Crippen LogP contribution in [0.3, 0.4) is 0 Å². The number of carbonyl (C=O) groups excluding carboxylic acids is 1. The fraction of sp³-hybridized carbons (Fsp3) is 0.346. The van der Waals surface area contributed by atoms with Crippen LogP contribution in [0.25, 0.3) is 16.9 Å². The van der Waals surface area contributed by atoms with E-state index in [1.54, 1.807) is 13.4 Å². The normalized spacial score (nSPS) is 12.1. The summed E-state index contributed by atoms with van der Waals surface area (Å²) in [5.74, 6) is 1.75. The van der Waals surface area contributed by atoms with Crippen molar-refractivity contribution in [1.29, 1.82) is 0 Å². The number of nitrogens with zero attached hydrogens (tertiary/aromatic N) is 3. The van der Waals surface area contributed by atoms with Crippen LogP contribution in [-0.4, -0.2) is 33.7 Å². The summed E-state index contributed by atoms with van der Waals surface area (Å²) in [5.41, 5.74) is 5.48. The largest absolute Gasteiger partial charge is 0.496 e. The first kappa shape index (κ1) is 22.6. The second kappa shape index (κ2) is 9.90. The van der Waals surface area contributed by atoms with Gasteiger partial charge in [-0.3, -0.25) is 4.79 Å². The first-order chi connectivity index (χ1) is 16.0. The van der Waals surface area contributed by atoms with Crippen molar-refractivity contribution in [3.63, 3.8) is 0 Å². The molecule has 0 bridgehead atoms. The number of amides is 1. The maximum absolute atomic E-state index is 12.5. The van der Waals surface area contributed by atoms with Crippen molar-refractivity contribution >= 4 is 11.6 Å². The smallest absolute Gasteiger partial charge is 0.220 e. The lowest BCUT2D eigenvalue weighted by Gasteiger charge is -2.14. The topological polar surface area (TPSA) is 81.7 Å². The number of hydrogen-bond donors (Lipinski definition) is 1. The van der Waals surface area contributed by atoms with Crippen LogP contribution in [0.5, 0.6) is 5.75 Å². The predicted octanol–water partition coefficient (Wildman–Crippen LogP) is 4.68. The van der Waals surface area contributed by atoms with Crippen molar-refractivity contribution in [3.05, 3.63) is 71.4 Å². The van der Waals surface area contributed by atoms with Crippen molar-refractivity contribution in [2.24, 2.45) is 0 Å². The molecule has 0 fully saturated rings. The Morgan fingerprint density at radius 3 is 2.76 bits per heavy atom. The maximum Gasteiger partial charge on any atom is 0.220 e. The molecule has 1 amide bonds. The molecular weight excluding hydrogens is 416 g/mol. The molecule has 0 radical (unpaired) electrons. The highest BCUT2D eigenvalue weighted by atomic mass is 16.5. The average Bonchev–Trinajstić information content (AvgIpc) is 3.47. The van der Waals surface area contributed by atoms with Crippen LogP contribution in [-0.2, 0) is 17.6 Å². The van der Waals surface area contributed by atoms with Crippen LogP contribution in [0.4, 0.5) is 0 Å². The molecule has 0 aliphatic heterocycles. The molecule has 7 heteroatoms. The summed E-state index contributed by atoms with van der Waals surface area (Å²) in [6.45, 7) is 6.04. The minimum absolute atomic E-state index is 0.0380. The summed E-state index contributed by atoms with van der Waals surface area (Å²) in [7, 11) is 1.66. The quantitative estimate of drug-likeness (QED) is 0.404. The van der Waals surface area contributed by atoms with Crippen molar-refractivity contribution in [2.45, 2.75) is 52.5 Å². The zero-order valence-electron chi connectivity index (χ0n) is 19.6. The van der Waals surface area contributed by atoms with Crippen molar-refractivity contribution in [1.82, 2.24) is 19.9 Å². The first-order valence-electron chi connectivity index (χ1n) is 11.3. The standard InChI is InChI=1S/C26H30N4O3/c1-17(11-12-20-8-7-15-33-20)27-26(31)14-13-21-18(2)28-25-16-23(29-30(25)19(21)3)22-9-5-6-10-24(22)32-4/h5-10,15-17H,11-14H2,1-4H3,(H,27,31)/t17-/m1/s1. The zero-order chi connectivity index (χ0) is 23.4. The van der Waals surface area contributed by atoms with E-state index in [-0.39, 0.29) is 11.9 Å². The molecule has 0 spiro atoms. The molecule has 1 N–H and O–H groups in total. The van der Waals surface area contributed by atoms with Gasteiger partial charge in [-0.1, -0.05) is 12.1 Å². The third-order valence-electron chi connectivity index (χ3n) is 5.96. The average molecular weight is 447 g/mol. The number of nitrogens with one attached hydrogen (secondary N) is 1. The second-order valence-corrected chi connectivity index (χ2v) is 8.35. The summed E-state index contributed by atoms with van der Waals surface area (Å²) < 4.78 is 12.7. The third-order valence-corrected chi connectivity index (χ3v) is 5.96. The summed E-state index contributed by atoms with van der Waals surface area (Å²) in [6.07, 6.45) is 4.33. The Labute approximate surface area is 193 Å². The van der Waals surface area contributed by atoms with Gasteiger partial charge < -0.3 is 14.5 Å². The number of para-hydroxylation sites is 1. The fourth-order valence-corrected chi connectivity index (χ4v) is 4.15. The number of benzene rings is 1. The van der Waals surface area contributed by atoms with Gasteiger partial charge in [0.1, 0.15) is 11.5 Å². The minimum Gasteiger partial charge on any atom is -0.496 e. The number of rotatable bonds is 9. The van der Waals surface area contributed by atoms with Crippen LogP contribution < -0.4 is 10.1 Å². The van der Waals surface area contributed by atoms with Gasteiger partial charge in [-0.15, -0.1) is 0 Å². The van der Waals surface area contributed by atoms with E-state index in [1.165, 1.54) is 0 Å². The summed E-state index contributed by atoms with van der Waals surface area (Å²) >= 11 is 0. The molecular formula is C26H30N4O3. The SMILES string of the molecule is COc1ccccc1-c1cc2nc(C)c(CCC(=O)N[C@H](C)CCc3ccco3)c(C)n2n1. The highest BCUT2D eigenvalue weighted by Gasteiger charge is 2.16. The van der Waals surface area contributed by atoms with E-state index >= 15 is 0 Å². The van der Waals surface area contributed by atoms with Gasteiger partial charge in [-0.2, -0.15) is 5.10 Å². The molecule has 0 saturated carbocycles. The number of ether oxygens (including phenoxy) is 1. The number of aromatic nitrogens is 3. The fourth-order valence-electron chi connectivity index (χ4n) is 4.15. The van der Waals surface area contributed by atoms with Crippen molar-refractivity contribution in [2.75, 3.05) is 7.11 Å². The van der Waals surface area contributed by atoms with Gasteiger partial charge in [0.05, 0.1) is 19.1 Å². The molecule has 7 nitrogen and oxygen atoms in total. The summed E-state index contributed by atoms with van der Waals surface area (Å²) in [5, 5.41) is 7.87. The van der Waals surface area contributed by atoms with Gasteiger partial charge in [-0.25, -0.2) is 9.50 Å². The van der Waals surface area contributed by atoms with Gasteiger partial charge in [-0.05, 0) is 63.4 Å². The molecule has 1 atom stereocenters. The molecule has 3 heterocycles. The Morgan fingerprint density at radius 2 is 2.00 bits per heavy atom. The summed E-state index contributed by atoms with van der Waals surface area (Å²) in [4.78, 5) is 17.3. The molecule has 0 aliphatic carbocycles. The highest BCUT2D eigenvalue weighted by Crippen LogP contribution is 2.30. The van der Waals surface area contributed by atoms with E-state index in [9.17, 15) is 4.79 Å². The van der Waals surface area contributed by atoms with Gasteiger partial charge in [0, 0.05) is 41.9 Å². The van der Waals surface area contributed by atoms with Crippen LogP contribution >= 0.6 is 0 Å². The molecule has 4 rings (SSSR count). The van der Waals surface area contributed by atoms with Crippen molar-refractivity contribution in [3.8, 4) is 17.0 Å². The van der Waals surface area contributed by atoms with Crippen LogP contribution in [0.2, 0.25) is 0 Å². The minimum atomic E-state index is 0.0380. The Bertz CT molecular complexity index is 1240. The lowest BCUT2D eigenvalue weighted by molar-refractivity contribution is -0.121. The van der Waals surface area contributed by atoms with Gasteiger partial charge in [0.15, 0.2) is 5.65 Å². The third kappa shape index (κ3) is 5.08. The van der Waals surface area contributed by atoms with E-state index in [4.69, 9.17) is 19.2 Å². The second-order valence-electron chi connectivity index (χ2n) is 8.35. The highest BCUT2D eigenvalue weighted by molar-refractivity contribution is 5.76. The molecule has 3 aromatic heterocycles. The molecule has 4 aromatic rings. The lowest BCUT2D eigenvalue weighted by Crippen LogP contribution is -2.33. The number of furan rings is 1. The molecule has 0 unspecified atom stereocenters. The monoisotopic (exact) mass is 446 g/mol. The van der Waals surface area contributed by atoms with Crippen LogP contribution in [0.1, 0.15) is 42.5 Å².